The van der Waals surface area contributed by atoms with Crippen LogP contribution in [-0.2, 0) is 6.54 Å². The Bertz CT molecular complexity index is 722. The lowest BCUT2D eigenvalue weighted by molar-refractivity contribution is 0.0951. The average molecular weight is 287 g/mol. The van der Waals surface area contributed by atoms with Crippen molar-refractivity contribution in [1.82, 2.24) is 10.3 Å². The molecule has 0 unspecified atom stereocenters. The highest BCUT2D eigenvalue weighted by atomic mass is 32.1. The molecule has 0 saturated carbocycles. The van der Waals surface area contributed by atoms with Gasteiger partial charge >= 0.3 is 0 Å². The Morgan fingerprint density at radius 3 is 3.05 bits per heavy atom. The Morgan fingerprint density at radius 1 is 1.45 bits per heavy atom. The van der Waals surface area contributed by atoms with Crippen LogP contribution >= 0.6 is 11.3 Å². The van der Waals surface area contributed by atoms with Crippen LogP contribution in [-0.4, -0.2) is 17.4 Å². The minimum Gasteiger partial charge on any atom is -0.347 e. The molecule has 0 radical (unpaired) electrons. The van der Waals surface area contributed by atoms with Crippen LogP contribution in [0.1, 0.15) is 20.8 Å². The van der Waals surface area contributed by atoms with Gasteiger partial charge in [0.1, 0.15) is 0 Å². The Labute approximate surface area is 119 Å². The number of hydrogen-bond donors (Lipinski definition) is 3. The summed E-state index contributed by atoms with van der Waals surface area (Å²) >= 11 is 1.51. The van der Waals surface area contributed by atoms with E-state index in [1.807, 2.05) is 11.4 Å². The standard InChI is InChI=1S/C14H13N3O2S/c15-5-1-2-10-4-7-20-12(10)9-17-14(19)11-3-6-16-13(18)8-11/h3-4,6-8H,5,9,15H2,(H,16,18)(H,17,19). The number of aromatic nitrogens is 1. The second-order valence-electron chi connectivity index (χ2n) is 3.89. The number of H-pyrrole nitrogens is 1. The molecular weight excluding hydrogens is 274 g/mol. The Balaban J connectivity index is 2.04. The summed E-state index contributed by atoms with van der Waals surface area (Å²) in [5.74, 6) is 5.45. The van der Waals surface area contributed by atoms with E-state index in [1.54, 1.807) is 6.07 Å². The van der Waals surface area contributed by atoms with Gasteiger partial charge in [-0.15, -0.1) is 11.3 Å². The number of carbonyl (C=O) groups is 1. The van der Waals surface area contributed by atoms with Crippen LogP contribution in [0.3, 0.4) is 0 Å². The molecule has 2 rings (SSSR count). The van der Waals surface area contributed by atoms with Crippen molar-refractivity contribution < 1.29 is 4.79 Å². The molecule has 0 aromatic carbocycles. The van der Waals surface area contributed by atoms with Gasteiger partial charge in [-0.05, 0) is 17.5 Å². The lowest BCUT2D eigenvalue weighted by Crippen LogP contribution is -2.24. The van der Waals surface area contributed by atoms with E-state index in [0.29, 0.717) is 18.7 Å². The minimum atomic E-state index is -0.303. The van der Waals surface area contributed by atoms with Crippen molar-refractivity contribution in [2.45, 2.75) is 6.54 Å². The average Bonchev–Trinajstić information content (AvgIpc) is 2.90. The van der Waals surface area contributed by atoms with Crippen molar-refractivity contribution in [2.75, 3.05) is 6.54 Å². The molecule has 102 valence electrons. The van der Waals surface area contributed by atoms with Crippen molar-refractivity contribution >= 4 is 17.2 Å². The maximum absolute atomic E-state index is 11.9. The van der Waals surface area contributed by atoms with Crippen LogP contribution in [0.25, 0.3) is 0 Å². The Morgan fingerprint density at radius 2 is 2.30 bits per heavy atom. The third-order valence-electron chi connectivity index (χ3n) is 2.52. The molecule has 0 aliphatic heterocycles. The molecule has 20 heavy (non-hydrogen) atoms. The van der Waals surface area contributed by atoms with Gasteiger partial charge < -0.3 is 16.0 Å². The first kappa shape index (κ1) is 14.1. The van der Waals surface area contributed by atoms with E-state index in [0.717, 1.165) is 10.4 Å². The molecule has 0 spiro atoms. The van der Waals surface area contributed by atoms with E-state index in [2.05, 4.69) is 22.1 Å². The van der Waals surface area contributed by atoms with E-state index in [-0.39, 0.29) is 11.5 Å². The first-order valence-electron chi connectivity index (χ1n) is 5.93. The van der Waals surface area contributed by atoms with Gasteiger partial charge in [-0.1, -0.05) is 11.8 Å². The second kappa shape index (κ2) is 6.70. The summed E-state index contributed by atoms with van der Waals surface area (Å²) in [6.45, 7) is 0.673. The van der Waals surface area contributed by atoms with E-state index in [9.17, 15) is 9.59 Å². The zero-order chi connectivity index (χ0) is 14.4. The summed E-state index contributed by atoms with van der Waals surface area (Å²) in [7, 11) is 0. The van der Waals surface area contributed by atoms with Crippen molar-refractivity contribution in [3.8, 4) is 11.8 Å². The second-order valence-corrected chi connectivity index (χ2v) is 4.89. The van der Waals surface area contributed by atoms with Crippen LogP contribution in [0.5, 0.6) is 0 Å². The van der Waals surface area contributed by atoms with E-state index >= 15 is 0 Å². The topological polar surface area (TPSA) is 88.0 Å². The van der Waals surface area contributed by atoms with E-state index in [4.69, 9.17) is 5.73 Å². The molecule has 1 amide bonds. The highest BCUT2D eigenvalue weighted by Crippen LogP contribution is 2.15. The number of rotatable bonds is 3. The molecule has 2 aromatic heterocycles. The van der Waals surface area contributed by atoms with Gasteiger partial charge in [-0.2, -0.15) is 0 Å². The summed E-state index contributed by atoms with van der Waals surface area (Å²) in [6.07, 6.45) is 1.44. The summed E-state index contributed by atoms with van der Waals surface area (Å²) in [6, 6.07) is 4.71. The monoisotopic (exact) mass is 287 g/mol. The number of hydrogen-bond acceptors (Lipinski definition) is 4. The Kier molecular flexibility index (Phi) is 4.71. The molecule has 0 bridgehead atoms. The maximum Gasteiger partial charge on any atom is 0.251 e. The number of nitrogens with two attached hydrogens (primary N) is 1. The van der Waals surface area contributed by atoms with E-state index in [1.165, 1.54) is 23.6 Å². The lowest BCUT2D eigenvalue weighted by Gasteiger charge is -2.03. The molecule has 2 heterocycles. The van der Waals surface area contributed by atoms with Gasteiger partial charge in [-0.3, -0.25) is 9.59 Å². The number of amides is 1. The number of pyridine rings is 1. The summed E-state index contributed by atoms with van der Waals surface area (Å²) in [5, 5.41) is 4.68. The minimum absolute atomic E-state index is 0.290. The predicted octanol–water partition coefficient (Wildman–Crippen LogP) is 0.677. The van der Waals surface area contributed by atoms with Gasteiger partial charge in [0.05, 0.1) is 13.1 Å². The normalized spacial score (nSPS) is 9.65. The fourth-order valence-corrected chi connectivity index (χ4v) is 2.35. The SMILES string of the molecule is NCC#Cc1ccsc1CNC(=O)c1cc[nH]c(=O)c1. The number of thiophene rings is 1. The maximum atomic E-state index is 11.9. The number of aromatic amines is 1. The largest absolute Gasteiger partial charge is 0.347 e. The van der Waals surface area contributed by atoms with Gasteiger partial charge in [0.2, 0.25) is 5.56 Å². The van der Waals surface area contributed by atoms with Crippen molar-refractivity contribution in [3.63, 3.8) is 0 Å². The van der Waals surface area contributed by atoms with Crippen LogP contribution in [0, 0.1) is 11.8 Å². The molecule has 6 heteroatoms. The van der Waals surface area contributed by atoms with Crippen LogP contribution < -0.4 is 16.6 Å². The van der Waals surface area contributed by atoms with Crippen molar-refractivity contribution in [2.24, 2.45) is 5.73 Å². The molecule has 0 fully saturated rings. The predicted molar refractivity (Wildman–Crippen MR) is 78.5 cm³/mol. The molecule has 0 saturated heterocycles. The number of nitrogens with one attached hydrogen (secondary N) is 2. The quantitative estimate of drug-likeness (QED) is 0.725. The fraction of sp³-hybridized carbons (Fsp3) is 0.143. The van der Waals surface area contributed by atoms with Crippen LogP contribution in [0.2, 0.25) is 0 Å². The summed E-state index contributed by atoms with van der Waals surface area (Å²) in [5.41, 5.74) is 6.23. The van der Waals surface area contributed by atoms with Gasteiger partial charge in [0.15, 0.2) is 0 Å². The van der Waals surface area contributed by atoms with Crippen LogP contribution in [0.4, 0.5) is 0 Å². The highest BCUT2D eigenvalue weighted by molar-refractivity contribution is 7.10. The fourth-order valence-electron chi connectivity index (χ4n) is 1.58. The summed E-state index contributed by atoms with van der Waals surface area (Å²) in [4.78, 5) is 26.5. The molecule has 0 aliphatic carbocycles. The molecular formula is C14H13N3O2S. The van der Waals surface area contributed by atoms with Crippen molar-refractivity contribution in [1.29, 1.82) is 0 Å². The molecule has 0 atom stereocenters. The first-order chi connectivity index (χ1) is 9.70. The third-order valence-corrected chi connectivity index (χ3v) is 3.44. The van der Waals surface area contributed by atoms with Gasteiger partial charge in [0, 0.05) is 28.3 Å². The Hall–Kier alpha value is -2.36. The zero-order valence-electron chi connectivity index (χ0n) is 10.6. The third kappa shape index (κ3) is 3.57. The zero-order valence-corrected chi connectivity index (χ0v) is 11.4. The van der Waals surface area contributed by atoms with Crippen molar-refractivity contribution in [3.05, 3.63) is 56.1 Å². The van der Waals surface area contributed by atoms with Crippen LogP contribution in [0.15, 0.2) is 34.6 Å². The molecule has 5 nitrogen and oxygen atoms in total. The van der Waals surface area contributed by atoms with Gasteiger partial charge in [-0.25, -0.2) is 0 Å². The summed E-state index contributed by atoms with van der Waals surface area (Å²) < 4.78 is 0. The highest BCUT2D eigenvalue weighted by Gasteiger charge is 2.07. The smallest absolute Gasteiger partial charge is 0.251 e. The van der Waals surface area contributed by atoms with Gasteiger partial charge in [0.25, 0.3) is 5.91 Å². The molecule has 4 N–H and O–H groups in total. The van der Waals surface area contributed by atoms with E-state index < -0.39 is 0 Å². The lowest BCUT2D eigenvalue weighted by atomic mass is 10.2. The number of carbonyl (C=O) groups excluding carboxylic acids is 1. The first-order valence-corrected chi connectivity index (χ1v) is 6.81. The molecule has 0 aliphatic rings. The molecule has 2 aromatic rings.